The van der Waals surface area contributed by atoms with Gasteiger partial charge in [0.05, 0.1) is 6.61 Å². The molecule has 2 aromatic carbocycles. The molecular formula is C22H24N2O6. The first kappa shape index (κ1) is 22.6. The maximum Gasteiger partial charge on any atom is 0.513 e. The molecule has 8 nitrogen and oxygen atoms in total. The zero-order valence-electron chi connectivity index (χ0n) is 16.9. The number of carbonyl (C=O) groups excluding carboxylic acids is 4. The van der Waals surface area contributed by atoms with E-state index in [1.54, 1.807) is 25.1 Å². The van der Waals surface area contributed by atoms with E-state index in [0.29, 0.717) is 17.8 Å². The van der Waals surface area contributed by atoms with Crippen LogP contribution in [0.15, 0.2) is 48.5 Å². The molecule has 0 saturated heterocycles. The van der Waals surface area contributed by atoms with E-state index in [0.717, 1.165) is 5.56 Å². The summed E-state index contributed by atoms with van der Waals surface area (Å²) in [6, 6.07) is 13.1. The first-order valence-electron chi connectivity index (χ1n) is 9.48. The van der Waals surface area contributed by atoms with Gasteiger partial charge in [0.25, 0.3) is 5.91 Å². The van der Waals surface area contributed by atoms with E-state index < -0.39 is 6.16 Å². The lowest BCUT2D eigenvalue weighted by Gasteiger charge is -2.09. The topological polar surface area (TPSA) is 111 Å². The van der Waals surface area contributed by atoms with Crippen LogP contribution in [0.5, 0.6) is 5.75 Å². The standard InChI is InChI=1S/C22H24N2O6/c1-3-29-22(28)30-19-10-8-17(9-11-19)21(27)24-18-6-4-5-16(13-18)14-23-20(26)12-7-15(2)25/h4-6,8-11,13H,3,7,12,14H2,1-2H3,(H,23,26)(H,24,27). The van der Waals surface area contributed by atoms with E-state index in [1.165, 1.54) is 31.2 Å². The fraction of sp³-hybridized carbons (Fsp3) is 0.273. The van der Waals surface area contributed by atoms with Crippen LogP contribution < -0.4 is 15.4 Å². The number of nitrogens with one attached hydrogen (secondary N) is 2. The van der Waals surface area contributed by atoms with Gasteiger partial charge in [-0.25, -0.2) is 4.79 Å². The summed E-state index contributed by atoms with van der Waals surface area (Å²) in [6.45, 7) is 3.62. The van der Waals surface area contributed by atoms with Crippen molar-refractivity contribution >= 4 is 29.4 Å². The van der Waals surface area contributed by atoms with Crippen LogP contribution in [0.3, 0.4) is 0 Å². The van der Waals surface area contributed by atoms with Crippen molar-refractivity contribution in [2.75, 3.05) is 11.9 Å². The van der Waals surface area contributed by atoms with E-state index in [9.17, 15) is 19.2 Å². The molecule has 30 heavy (non-hydrogen) atoms. The molecular weight excluding hydrogens is 388 g/mol. The predicted octanol–water partition coefficient (Wildman–Crippen LogP) is 3.46. The van der Waals surface area contributed by atoms with Crippen LogP contribution in [0.4, 0.5) is 10.5 Å². The number of amides is 2. The van der Waals surface area contributed by atoms with E-state index in [2.05, 4.69) is 10.6 Å². The average Bonchev–Trinajstić information content (AvgIpc) is 2.71. The van der Waals surface area contributed by atoms with Gasteiger partial charge in [0.1, 0.15) is 11.5 Å². The van der Waals surface area contributed by atoms with Crippen molar-refractivity contribution in [1.82, 2.24) is 5.32 Å². The highest BCUT2D eigenvalue weighted by atomic mass is 16.7. The zero-order valence-corrected chi connectivity index (χ0v) is 16.9. The molecule has 2 aromatic rings. The summed E-state index contributed by atoms with van der Waals surface area (Å²) >= 11 is 0. The van der Waals surface area contributed by atoms with E-state index >= 15 is 0 Å². The van der Waals surface area contributed by atoms with E-state index in [-0.39, 0.29) is 42.8 Å². The molecule has 8 heteroatoms. The van der Waals surface area contributed by atoms with Crippen molar-refractivity contribution in [2.45, 2.75) is 33.2 Å². The molecule has 0 aliphatic rings. The molecule has 0 unspecified atom stereocenters. The third-order valence-electron chi connectivity index (χ3n) is 3.96. The largest absolute Gasteiger partial charge is 0.513 e. The Kier molecular flexibility index (Phi) is 8.56. The molecule has 0 atom stereocenters. The number of carbonyl (C=O) groups is 4. The first-order chi connectivity index (χ1) is 14.4. The number of rotatable bonds is 9. The van der Waals surface area contributed by atoms with Crippen LogP contribution in [0, 0.1) is 0 Å². The normalized spacial score (nSPS) is 10.1. The number of benzene rings is 2. The van der Waals surface area contributed by atoms with Crippen molar-refractivity contribution < 1.29 is 28.7 Å². The predicted molar refractivity (Wildman–Crippen MR) is 110 cm³/mol. The summed E-state index contributed by atoms with van der Waals surface area (Å²) in [5.74, 6) is -0.298. The number of Topliss-reactive ketones (excluding diaryl/α,β-unsaturated/α-hetero) is 1. The third-order valence-corrected chi connectivity index (χ3v) is 3.96. The minimum absolute atomic E-state index is 0.0321. The van der Waals surface area contributed by atoms with Crippen molar-refractivity contribution in [2.24, 2.45) is 0 Å². The molecule has 0 spiro atoms. The summed E-state index contributed by atoms with van der Waals surface area (Å²) in [4.78, 5) is 46.4. The van der Waals surface area contributed by atoms with Crippen LogP contribution in [0.25, 0.3) is 0 Å². The Morgan fingerprint density at radius 2 is 1.70 bits per heavy atom. The Bertz CT molecular complexity index is 908. The highest BCUT2D eigenvalue weighted by molar-refractivity contribution is 6.04. The molecule has 0 radical (unpaired) electrons. The lowest BCUT2D eigenvalue weighted by molar-refractivity contribution is -0.124. The molecule has 158 valence electrons. The van der Waals surface area contributed by atoms with Crippen molar-refractivity contribution in [3.05, 3.63) is 59.7 Å². The maximum absolute atomic E-state index is 12.4. The molecule has 0 aliphatic heterocycles. The quantitative estimate of drug-likeness (QED) is 0.482. The van der Waals surface area contributed by atoms with Gasteiger partial charge in [-0.15, -0.1) is 0 Å². The number of hydrogen-bond acceptors (Lipinski definition) is 6. The molecule has 0 fully saturated rings. The third kappa shape index (κ3) is 7.75. The molecule has 0 bridgehead atoms. The second-order valence-corrected chi connectivity index (χ2v) is 6.44. The van der Waals surface area contributed by atoms with E-state index in [1.807, 2.05) is 6.07 Å². The summed E-state index contributed by atoms with van der Waals surface area (Å²) in [5, 5.41) is 5.52. The Labute approximate surface area is 174 Å². The van der Waals surface area contributed by atoms with Gasteiger partial charge in [-0.3, -0.25) is 9.59 Å². The molecule has 0 aromatic heterocycles. The van der Waals surface area contributed by atoms with Gasteiger partial charge in [-0.1, -0.05) is 12.1 Å². The molecule has 2 amide bonds. The van der Waals surface area contributed by atoms with Crippen LogP contribution in [-0.4, -0.2) is 30.4 Å². The molecule has 2 rings (SSSR count). The van der Waals surface area contributed by atoms with E-state index in [4.69, 9.17) is 9.47 Å². The second kappa shape index (κ2) is 11.4. The van der Waals surface area contributed by atoms with Crippen LogP contribution in [0.2, 0.25) is 0 Å². The number of ether oxygens (including phenoxy) is 2. The zero-order chi connectivity index (χ0) is 21.9. The Balaban J connectivity index is 1.90. The van der Waals surface area contributed by atoms with Crippen molar-refractivity contribution in [3.63, 3.8) is 0 Å². The Hall–Kier alpha value is -3.68. The fourth-order valence-corrected chi connectivity index (χ4v) is 2.46. The van der Waals surface area contributed by atoms with Gasteiger partial charge in [0.2, 0.25) is 5.91 Å². The SMILES string of the molecule is CCOC(=O)Oc1ccc(C(=O)Nc2cccc(CNC(=O)CCC(C)=O)c2)cc1. The number of anilines is 1. The average molecular weight is 412 g/mol. The fourth-order valence-electron chi connectivity index (χ4n) is 2.46. The minimum atomic E-state index is -0.806. The number of hydrogen-bond donors (Lipinski definition) is 2. The highest BCUT2D eigenvalue weighted by Gasteiger charge is 2.10. The summed E-state index contributed by atoms with van der Waals surface area (Å²) < 4.78 is 9.64. The number of ketones is 1. The monoisotopic (exact) mass is 412 g/mol. The smallest absolute Gasteiger partial charge is 0.434 e. The second-order valence-electron chi connectivity index (χ2n) is 6.44. The summed E-state index contributed by atoms with van der Waals surface area (Å²) in [5.41, 5.74) is 1.76. The van der Waals surface area contributed by atoms with Gasteiger partial charge in [0, 0.05) is 30.6 Å². The van der Waals surface area contributed by atoms with Crippen LogP contribution in [0.1, 0.15) is 42.6 Å². The summed E-state index contributed by atoms with van der Waals surface area (Å²) in [6.07, 6.45) is -0.437. The van der Waals surface area contributed by atoms with Gasteiger partial charge in [-0.05, 0) is 55.8 Å². The van der Waals surface area contributed by atoms with Gasteiger partial charge in [-0.2, -0.15) is 0 Å². The van der Waals surface area contributed by atoms with Crippen LogP contribution in [-0.2, 0) is 20.9 Å². The van der Waals surface area contributed by atoms with Crippen molar-refractivity contribution in [1.29, 1.82) is 0 Å². The molecule has 2 N–H and O–H groups in total. The maximum atomic E-state index is 12.4. The lowest BCUT2D eigenvalue weighted by Crippen LogP contribution is -2.23. The van der Waals surface area contributed by atoms with Crippen LogP contribution >= 0.6 is 0 Å². The minimum Gasteiger partial charge on any atom is -0.434 e. The van der Waals surface area contributed by atoms with Crippen molar-refractivity contribution in [3.8, 4) is 5.75 Å². The summed E-state index contributed by atoms with van der Waals surface area (Å²) in [7, 11) is 0. The highest BCUT2D eigenvalue weighted by Crippen LogP contribution is 2.16. The Morgan fingerprint density at radius 3 is 2.37 bits per heavy atom. The molecule has 0 heterocycles. The Morgan fingerprint density at radius 1 is 0.967 bits per heavy atom. The molecule has 0 aliphatic carbocycles. The lowest BCUT2D eigenvalue weighted by atomic mass is 10.1. The van der Waals surface area contributed by atoms with Gasteiger partial charge in [0.15, 0.2) is 0 Å². The van der Waals surface area contributed by atoms with Gasteiger partial charge >= 0.3 is 6.16 Å². The first-order valence-corrected chi connectivity index (χ1v) is 9.48. The molecule has 0 saturated carbocycles. The van der Waals surface area contributed by atoms with Gasteiger partial charge < -0.3 is 24.9 Å².